The Morgan fingerprint density at radius 3 is 2.50 bits per heavy atom. The normalized spacial score (nSPS) is 22.9. The zero-order valence-electron chi connectivity index (χ0n) is 14.6. The first-order valence-electron chi connectivity index (χ1n) is 8.58. The van der Waals surface area contributed by atoms with E-state index >= 15 is 0 Å². The molecule has 1 aromatic carbocycles. The van der Waals surface area contributed by atoms with E-state index in [-0.39, 0.29) is 24.2 Å². The summed E-state index contributed by atoms with van der Waals surface area (Å²) in [4.78, 5) is 29.0. The molecule has 1 atom stereocenters. The number of nitrogens with zero attached hydrogens (tertiary/aromatic N) is 2. The maximum absolute atomic E-state index is 12.9. The predicted octanol–water partition coefficient (Wildman–Crippen LogP) is 2.68. The summed E-state index contributed by atoms with van der Waals surface area (Å²) in [6, 6.07) is 8.32. The van der Waals surface area contributed by atoms with Gasteiger partial charge in [-0.3, -0.25) is 14.5 Å². The minimum absolute atomic E-state index is 0. The molecular weight excluding hydrogens is 324 g/mol. The van der Waals surface area contributed by atoms with Crippen molar-refractivity contribution in [2.75, 3.05) is 27.2 Å². The fourth-order valence-electron chi connectivity index (χ4n) is 3.92. The van der Waals surface area contributed by atoms with Crippen LogP contribution in [-0.4, -0.2) is 48.8 Å². The Morgan fingerprint density at radius 1 is 1.08 bits per heavy atom. The molecule has 3 rings (SSSR count). The predicted molar refractivity (Wildman–Crippen MR) is 97.3 cm³/mol. The van der Waals surface area contributed by atoms with Crippen molar-refractivity contribution in [3.8, 4) is 0 Å². The third kappa shape index (κ3) is 3.65. The van der Waals surface area contributed by atoms with Crippen LogP contribution >= 0.6 is 12.4 Å². The molecule has 0 bridgehead atoms. The van der Waals surface area contributed by atoms with Crippen molar-refractivity contribution in [3.05, 3.63) is 35.4 Å². The first-order valence-corrected chi connectivity index (χ1v) is 8.58. The van der Waals surface area contributed by atoms with Crippen LogP contribution < -0.4 is 0 Å². The van der Waals surface area contributed by atoms with Gasteiger partial charge in [0.15, 0.2) is 0 Å². The Labute approximate surface area is 150 Å². The number of carbonyl (C=O) groups is 2. The van der Waals surface area contributed by atoms with E-state index in [2.05, 4.69) is 23.1 Å². The van der Waals surface area contributed by atoms with E-state index in [0.717, 1.165) is 38.6 Å². The maximum atomic E-state index is 12.9. The molecule has 1 aliphatic heterocycles. The summed E-state index contributed by atoms with van der Waals surface area (Å²) in [6.45, 7) is 1.57. The van der Waals surface area contributed by atoms with E-state index in [1.165, 1.54) is 16.0 Å². The van der Waals surface area contributed by atoms with Gasteiger partial charge in [0.2, 0.25) is 11.8 Å². The molecule has 4 nitrogen and oxygen atoms in total. The highest BCUT2D eigenvalue weighted by atomic mass is 35.5. The Hall–Kier alpha value is -1.39. The minimum atomic E-state index is -0.465. The van der Waals surface area contributed by atoms with Crippen LogP contribution in [0.25, 0.3) is 0 Å². The van der Waals surface area contributed by atoms with Gasteiger partial charge in [0.1, 0.15) is 0 Å². The largest absolute Gasteiger partial charge is 0.309 e. The number of likely N-dealkylation sites (tertiary alicyclic amines) is 1. The van der Waals surface area contributed by atoms with Crippen LogP contribution in [0.5, 0.6) is 0 Å². The summed E-state index contributed by atoms with van der Waals surface area (Å²) >= 11 is 0. The zero-order chi connectivity index (χ0) is 16.4. The molecule has 1 heterocycles. The maximum Gasteiger partial charge on any atom is 0.236 e. The van der Waals surface area contributed by atoms with Gasteiger partial charge in [-0.2, -0.15) is 0 Å². The van der Waals surface area contributed by atoms with Gasteiger partial charge in [0, 0.05) is 13.0 Å². The topological polar surface area (TPSA) is 40.6 Å². The van der Waals surface area contributed by atoms with Crippen LogP contribution in [0.3, 0.4) is 0 Å². The first-order chi connectivity index (χ1) is 11.0. The van der Waals surface area contributed by atoms with E-state index in [9.17, 15) is 9.59 Å². The molecule has 0 N–H and O–H groups in total. The average Bonchev–Trinajstić information content (AvgIpc) is 2.74. The highest BCUT2D eigenvalue weighted by Gasteiger charge is 2.52. The lowest BCUT2D eigenvalue weighted by molar-refractivity contribution is -0.141. The summed E-state index contributed by atoms with van der Waals surface area (Å²) in [6.07, 6.45) is 4.74. The lowest BCUT2D eigenvalue weighted by Crippen LogP contribution is -2.39. The van der Waals surface area contributed by atoms with Gasteiger partial charge < -0.3 is 4.90 Å². The second-order valence-corrected chi connectivity index (χ2v) is 7.26. The van der Waals surface area contributed by atoms with Gasteiger partial charge in [0.25, 0.3) is 0 Å². The lowest BCUT2D eigenvalue weighted by atomic mass is 9.70. The Bertz CT molecular complexity index is 617. The Kier molecular flexibility index (Phi) is 6.05. The molecular formula is C19H27ClN2O2. The van der Waals surface area contributed by atoms with Crippen molar-refractivity contribution in [2.24, 2.45) is 5.41 Å². The first kappa shape index (κ1) is 18.9. The summed E-state index contributed by atoms with van der Waals surface area (Å²) in [5.41, 5.74) is 2.12. The van der Waals surface area contributed by atoms with Crippen molar-refractivity contribution in [1.29, 1.82) is 0 Å². The second-order valence-electron chi connectivity index (χ2n) is 7.26. The van der Waals surface area contributed by atoms with Crippen LogP contribution in [0, 0.1) is 5.41 Å². The van der Waals surface area contributed by atoms with Crippen molar-refractivity contribution in [3.63, 3.8) is 0 Å². The number of carbonyl (C=O) groups excluding carboxylic acids is 2. The van der Waals surface area contributed by atoms with Gasteiger partial charge in [0.05, 0.1) is 5.41 Å². The van der Waals surface area contributed by atoms with Gasteiger partial charge in [-0.25, -0.2) is 0 Å². The summed E-state index contributed by atoms with van der Waals surface area (Å²) in [5.74, 6) is 0.0982. The lowest BCUT2D eigenvalue weighted by Gasteiger charge is -2.32. The monoisotopic (exact) mass is 350 g/mol. The van der Waals surface area contributed by atoms with Crippen LogP contribution in [0.1, 0.15) is 36.8 Å². The number of imide groups is 1. The standard InChI is InChI=1S/C19H26N2O2.ClH/c1-20(2)11-5-6-12-21-17(22)14-19(18(21)23)10-9-15-7-3-4-8-16(15)13-19;/h3-4,7-8H,5-6,9-14H2,1-2H3;1H. The summed E-state index contributed by atoms with van der Waals surface area (Å²) < 4.78 is 0. The van der Waals surface area contributed by atoms with E-state index in [4.69, 9.17) is 0 Å². The SMILES string of the molecule is CN(C)CCCCN1C(=O)CC2(CCc3ccccc3C2)C1=O.Cl. The molecule has 0 saturated carbocycles. The summed E-state index contributed by atoms with van der Waals surface area (Å²) in [7, 11) is 4.08. The number of halogens is 1. The molecule has 132 valence electrons. The molecule has 1 fully saturated rings. The molecule has 0 aromatic heterocycles. The third-order valence-corrected chi connectivity index (χ3v) is 5.25. The van der Waals surface area contributed by atoms with Crippen LogP contribution in [0.4, 0.5) is 0 Å². The number of rotatable bonds is 5. The van der Waals surface area contributed by atoms with E-state index in [0.29, 0.717) is 13.0 Å². The Morgan fingerprint density at radius 2 is 1.79 bits per heavy atom. The van der Waals surface area contributed by atoms with Gasteiger partial charge >= 0.3 is 0 Å². The molecule has 24 heavy (non-hydrogen) atoms. The molecule has 1 spiro atoms. The number of hydrogen-bond acceptors (Lipinski definition) is 3. The number of amides is 2. The number of fused-ring (bicyclic) bond motifs is 1. The third-order valence-electron chi connectivity index (χ3n) is 5.25. The van der Waals surface area contributed by atoms with Gasteiger partial charge in [-0.15, -0.1) is 12.4 Å². The summed E-state index contributed by atoms with van der Waals surface area (Å²) in [5, 5.41) is 0. The van der Waals surface area contributed by atoms with Crippen molar-refractivity contribution < 1.29 is 9.59 Å². The molecule has 1 saturated heterocycles. The number of benzene rings is 1. The molecule has 1 aliphatic carbocycles. The second kappa shape index (κ2) is 7.66. The van der Waals surface area contributed by atoms with E-state index in [1.807, 2.05) is 20.2 Å². The highest BCUT2D eigenvalue weighted by molar-refractivity contribution is 6.06. The van der Waals surface area contributed by atoms with E-state index in [1.54, 1.807) is 0 Å². The Balaban J connectivity index is 0.00000208. The quantitative estimate of drug-likeness (QED) is 0.605. The van der Waals surface area contributed by atoms with Crippen LogP contribution in [-0.2, 0) is 22.4 Å². The van der Waals surface area contributed by atoms with E-state index < -0.39 is 5.41 Å². The highest BCUT2D eigenvalue weighted by Crippen LogP contribution is 2.44. The molecule has 2 amide bonds. The average molecular weight is 351 g/mol. The number of hydrogen-bond donors (Lipinski definition) is 0. The molecule has 1 aromatic rings. The van der Waals surface area contributed by atoms with Gasteiger partial charge in [-0.05, 0) is 63.9 Å². The fraction of sp³-hybridized carbons (Fsp3) is 0.579. The number of aryl methyl sites for hydroxylation is 1. The molecule has 1 unspecified atom stereocenters. The van der Waals surface area contributed by atoms with Crippen molar-refractivity contribution >= 4 is 24.2 Å². The molecule has 5 heteroatoms. The molecule has 2 aliphatic rings. The van der Waals surface area contributed by atoms with Crippen LogP contribution in [0.2, 0.25) is 0 Å². The van der Waals surface area contributed by atoms with Crippen LogP contribution in [0.15, 0.2) is 24.3 Å². The number of unbranched alkanes of at least 4 members (excludes halogenated alkanes) is 1. The van der Waals surface area contributed by atoms with Crippen molar-refractivity contribution in [1.82, 2.24) is 9.80 Å². The van der Waals surface area contributed by atoms with Crippen molar-refractivity contribution in [2.45, 2.75) is 38.5 Å². The zero-order valence-corrected chi connectivity index (χ0v) is 15.4. The smallest absolute Gasteiger partial charge is 0.236 e. The molecule has 0 radical (unpaired) electrons. The minimum Gasteiger partial charge on any atom is -0.309 e. The fourth-order valence-corrected chi connectivity index (χ4v) is 3.92. The van der Waals surface area contributed by atoms with Gasteiger partial charge in [-0.1, -0.05) is 24.3 Å².